The standard InChI is InChI=1S/C22H17NO3/c1-23-20-8-6-7-17(14-20)18-11-16(12-19(13-18)22(24)25-2)15-26-21-9-4-3-5-10-21/h3-14H,15H2,2H3. The van der Waals surface area contributed by atoms with Crippen molar-refractivity contribution in [3.63, 3.8) is 0 Å². The highest BCUT2D eigenvalue weighted by Gasteiger charge is 2.11. The average Bonchev–Trinajstić information content (AvgIpc) is 2.72. The van der Waals surface area contributed by atoms with Crippen LogP contribution in [0.3, 0.4) is 0 Å². The van der Waals surface area contributed by atoms with Crippen molar-refractivity contribution in [1.29, 1.82) is 0 Å². The number of nitrogens with zero attached hydrogens (tertiary/aromatic N) is 1. The van der Waals surface area contributed by atoms with E-state index in [1.54, 1.807) is 24.3 Å². The van der Waals surface area contributed by atoms with Gasteiger partial charge in [-0.3, -0.25) is 0 Å². The summed E-state index contributed by atoms with van der Waals surface area (Å²) >= 11 is 0. The van der Waals surface area contributed by atoms with Crippen LogP contribution in [-0.2, 0) is 11.3 Å². The molecule has 0 saturated carbocycles. The van der Waals surface area contributed by atoms with E-state index in [2.05, 4.69) is 4.85 Å². The van der Waals surface area contributed by atoms with Gasteiger partial charge < -0.3 is 9.47 Å². The van der Waals surface area contributed by atoms with Gasteiger partial charge in [0.1, 0.15) is 12.4 Å². The molecule has 0 heterocycles. The van der Waals surface area contributed by atoms with Gasteiger partial charge in [0.25, 0.3) is 0 Å². The van der Waals surface area contributed by atoms with Crippen LogP contribution in [0.2, 0.25) is 0 Å². The first kappa shape index (κ1) is 17.2. The Morgan fingerprint density at radius 2 is 1.77 bits per heavy atom. The van der Waals surface area contributed by atoms with Crippen LogP contribution >= 0.6 is 0 Å². The lowest BCUT2D eigenvalue weighted by atomic mass is 9.99. The average molecular weight is 343 g/mol. The monoisotopic (exact) mass is 343 g/mol. The topological polar surface area (TPSA) is 39.9 Å². The van der Waals surface area contributed by atoms with Crippen molar-refractivity contribution in [2.75, 3.05) is 7.11 Å². The van der Waals surface area contributed by atoms with Crippen molar-refractivity contribution in [1.82, 2.24) is 0 Å². The molecule has 0 spiro atoms. The Morgan fingerprint density at radius 3 is 2.50 bits per heavy atom. The van der Waals surface area contributed by atoms with Crippen molar-refractivity contribution >= 4 is 11.7 Å². The van der Waals surface area contributed by atoms with E-state index in [1.807, 2.05) is 48.5 Å². The summed E-state index contributed by atoms with van der Waals surface area (Å²) < 4.78 is 10.7. The van der Waals surface area contributed by atoms with Crippen LogP contribution in [0.25, 0.3) is 16.0 Å². The van der Waals surface area contributed by atoms with E-state index >= 15 is 0 Å². The van der Waals surface area contributed by atoms with E-state index in [0.29, 0.717) is 17.9 Å². The molecule has 0 aliphatic heterocycles. The van der Waals surface area contributed by atoms with Crippen LogP contribution in [0.1, 0.15) is 15.9 Å². The molecule has 0 aliphatic carbocycles. The van der Waals surface area contributed by atoms with Gasteiger partial charge >= 0.3 is 5.97 Å². The van der Waals surface area contributed by atoms with Gasteiger partial charge in [-0.25, -0.2) is 9.64 Å². The minimum Gasteiger partial charge on any atom is -0.489 e. The fourth-order valence-corrected chi connectivity index (χ4v) is 2.62. The van der Waals surface area contributed by atoms with Crippen LogP contribution in [0.5, 0.6) is 5.75 Å². The molecule has 0 aliphatic rings. The predicted molar refractivity (Wildman–Crippen MR) is 100 cm³/mol. The highest BCUT2D eigenvalue weighted by Crippen LogP contribution is 2.27. The van der Waals surface area contributed by atoms with Gasteiger partial charge in [0, 0.05) is 0 Å². The number of esters is 1. The quantitative estimate of drug-likeness (QED) is 0.468. The molecule has 0 radical (unpaired) electrons. The molecule has 0 atom stereocenters. The second-order valence-electron chi connectivity index (χ2n) is 5.67. The SMILES string of the molecule is [C-]#[N+]c1cccc(-c2cc(COc3ccccc3)cc(C(=O)OC)c2)c1. The third-order valence-corrected chi connectivity index (χ3v) is 3.87. The summed E-state index contributed by atoms with van der Waals surface area (Å²) in [5, 5.41) is 0. The van der Waals surface area contributed by atoms with Crippen LogP contribution < -0.4 is 4.74 Å². The predicted octanol–water partition coefficient (Wildman–Crippen LogP) is 5.27. The Balaban J connectivity index is 1.96. The maximum Gasteiger partial charge on any atom is 0.337 e. The smallest absolute Gasteiger partial charge is 0.337 e. The third kappa shape index (κ3) is 4.08. The molecule has 0 aromatic heterocycles. The minimum atomic E-state index is -0.408. The van der Waals surface area contributed by atoms with Gasteiger partial charge in [0.2, 0.25) is 0 Å². The number of benzene rings is 3. The number of para-hydroxylation sites is 1. The van der Waals surface area contributed by atoms with E-state index in [-0.39, 0.29) is 0 Å². The lowest BCUT2D eigenvalue weighted by Crippen LogP contribution is -2.04. The van der Waals surface area contributed by atoms with Gasteiger partial charge in [-0.05, 0) is 53.1 Å². The first-order chi connectivity index (χ1) is 12.7. The molecule has 128 valence electrons. The zero-order chi connectivity index (χ0) is 18.4. The number of rotatable bonds is 5. The lowest BCUT2D eigenvalue weighted by Gasteiger charge is -2.11. The lowest BCUT2D eigenvalue weighted by molar-refractivity contribution is 0.0600. The van der Waals surface area contributed by atoms with Crippen molar-refractivity contribution in [2.24, 2.45) is 0 Å². The zero-order valence-electron chi connectivity index (χ0n) is 14.3. The van der Waals surface area contributed by atoms with Gasteiger partial charge in [-0.1, -0.05) is 36.4 Å². The number of carbonyl (C=O) groups is 1. The second-order valence-corrected chi connectivity index (χ2v) is 5.67. The molecule has 3 rings (SSSR count). The maximum absolute atomic E-state index is 12.0. The number of carbonyl (C=O) groups excluding carboxylic acids is 1. The summed E-state index contributed by atoms with van der Waals surface area (Å²) in [7, 11) is 1.36. The van der Waals surface area contributed by atoms with Crippen LogP contribution in [0.4, 0.5) is 5.69 Å². The molecule has 0 N–H and O–H groups in total. The highest BCUT2D eigenvalue weighted by atomic mass is 16.5. The van der Waals surface area contributed by atoms with E-state index in [9.17, 15) is 4.79 Å². The summed E-state index contributed by atoms with van der Waals surface area (Å²) in [5.41, 5.74) is 3.55. The van der Waals surface area contributed by atoms with Crippen molar-refractivity contribution < 1.29 is 14.3 Å². The largest absolute Gasteiger partial charge is 0.489 e. The second kappa shape index (κ2) is 8.00. The Bertz CT molecular complexity index is 959. The van der Waals surface area contributed by atoms with E-state index in [1.165, 1.54) is 7.11 Å². The van der Waals surface area contributed by atoms with E-state index in [4.69, 9.17) is 16.0 Å². The van der Waals surface area contributed by atoms with Gasteiger partial charge in [0.15, 0.2) is 5.69 Å². The fourth-order valence-electron chi connectivity index (χ4n) is 2.62. The third-order valence-electron chi connectivity index (χ3n) is 3.87. The molecule has 0 amide bonds. The molecule has 26 heavy (non-hydrogen) atoms. The Morgan fingerprint density at radius 1 is 0.962 bits per heavy atom. The van der Waals surface area contributed by atoms with Crippen LogP contribution in [-0.4, -0.2) is 13.1 Å². The Labute approximate surface area is 152 Å². The Hall–Kier alpha value is -3.58. The molecule has 3 aromatic rings. The number of ether oxygens (including phenoxy) is 2. The summed E-state index contributed by atoms with van der Waals surface area (Å²) in [6.45, 7) is 7.50. The van der Waals surface area contributed by atoms with E-state index in [0.717, 1.165) is 22.4 Å². The molecule has 0 unspecified atom stereocenters. The van der Waals surface area contributed by atoms with Gasteiger partial charge in [-0.15, -0.1) is 0 Å². The molecule has 0 bridgehead atoms. The molecular weight excluding hydrogens is 326 g/mol. The molecule has 0 saturated heterocycles. The zero-order valence-corrected chi connectivity index (χ0v) is 14.3. The summed E-state index contributed by atoms with van der Waals surface area (Å²) in [6.07, 6.45) is 0. The number of methoxy groups -OCH3 is 1. The highest BCUT2D eigenvalue weighted by molar-refractivity contribution is 5.91. The maximum atomic E-state index is 12.0. The van der Waals surface area contributed by atoms with Gasteiger partial charge in [-0.2, -0.15) is 0 Å². The van der Waals surface area contributed by atoms with Crippen molar-refractivity contribution in [2.45, 2.75) is 6.61 Å². The molecule has 0 fully saturated rings. The number of hydrogen-bond acceptors (Lipinski definition) is 3. The fraction of sp³-hybridized carbons (Fsp3) is 0.0909. The molecule has 3 aromatic carbocycles. The van der Waals surface area contributed by atoms with Gasteiger partial charge in [0.05, 0.1) is 19.2 Å². The Kier molecular flexibility index (Phi) is 5.31. The first-order valence-electron chi connectivity index (χ1n) is 8.07. The summed E-state index contributed by atoms with van der Waals surface area (Å²) in [6, 6.07) is 22.3. The minimum absolute atomic E-state index is 0.324. The molecular formula is C22H17NO3. The number of hydrogen-bond donors (Lipinski definition) is 0. The summed E-state index contributed by atoms with van der Waals surface area (Å²) in [5.74, 6) is 0.349. The molecule has 4 heteroatoms. The summed E-state index contributed by atoms with van der Waals surface area (Å²) in [4.78, 5) is 15.5. The van der Waals surface area contributed by atoms with E-state index < -0.39 is 5.97 Å². The van der Waals surface area contributed by atoms with Crippen molar-refractivity contribution in [3.05, 3.63) is 95.3 Å². The van der Waals surface area contributed by atoms with Crippen LogP contribution in [0, 0.1) is 6.57 Å². The van der Waals surface area contributed by atoms with Crippen LogP contribution in [0.15, 0.2) is 72.8 Å². The first-order valence-corrected chi connectivity index (χ1v) is 8.07. The molecule has 4 nitrogen and oxygen atoms in total. The normalized spacial score (nSPS) is 10.0. The van der Waals surface area contributed by atoms with Crippen molar-refractivity contribution in [3.8, 4) is 16.9 Å².